The Morgan fingerprint density at radius 3 is 2.64 bits per heavy atom. The molecular weight excluding hydrogens is 279 g/mol. The maximum atomic E-state index is 13.8. The van der Waals surface area contributed by atoms with Crippen LogP contribution >= 0.6 is 0 Å². The molecule has 0 saturated carbocycles. The van der Waals surface area contributed by atoms with Crippen molar-refractivity contribution in [1.29, 1.82) is 0 Å². The van der Waals surface area contributed by atoms with E-state index in [4.69, 9.17) is 4.74 Å². The van der Waals surface area contributed by atoms with Gasteiger partial charge in [-0.2, -0.15) is 0 Å². The van der Waals surface area contributed by atoms with Crippen molar-refractivity contribution in [2.24, 2.45) is 5.92 Å². The van der Waals surface area contributed by atoms with Crippen molar-refractivity contribution in [1.82, 2.24) is 0 Å². The summed E-state index contributed by atoms with van der Waals surface area (Å²) in [6.45, 7) is 6.84. The summed E-state index contributed by atoms with van der Waals surface area (Å²) in [5.41, 5.74) is 0.709. The Hall–Kier alpha value is -1.38. The van der Waals surface area contributed by atoms with E-state index >= 15 is 0 Å². The number of benzene rings is 1. The summed E-state index contributed by atoms with van der Waals surface area (Å²) in [6.07, 6.45) is 5.75. The fraction of sp³-hybridized carbons (Fsp3) is 0.632. The van der Waals surface area contributed by atoms with Gasteiger partial charge in [-0.1, -0.05) is 27.2 Å². The smallest absolute Gasteiger partial charge is 0.132 e. The number of rotatable bonds is 11. The number of aryl methyl sites for hydroxylation is 1. The summed E-state index contributed by atoms with van der Waals surface area (Å²) in [6, 6.07) is 4.97. The van der Waals surface area contributed by atoms with Crippen LogP contribution in [0.5, 0.6) is 5.75 Å². The maximum absolute atomic E-state index is 13.8. The zero-order chi connectivity index (χ0) is 16.4. The molecule has 1 aromatic rings. The topological polar surface area (TPSA) is 26.3 Å². The first kappa shape index (κ1) is 18.7. The van der Waals surface area contributed by atoms with Gasteiger partial charge in [-0.25, -0.2) is 4.39 Å². The molecule has 0 bridgehead atoms. The van der Waals surface area contributed by atoms with Crippen LogP contribution in [0.1, 0.15) is 64.9 Å². The molecule has 1 rings (SSSR count). The highest BCUT2D eigenvalue weighted by atomic mass is 19.1. The summed E-state index contributed by atoms with van der Waals surface area (Å²) < 4.78 is 19.4. The first-order chi connectivity index (χ1) is 10.5. The lowest BCUT2D eigenvalue weighted by atomic mass is 10.0. The highest BCUT2D eigenvalue weighted by molar-refractivity contribution is 5.78. The van der Waals surface area contributed by atoms with Gasteiger partial charge in [0.15, 0.2) is 0 Å². The fourth-order valence-corrected chi connectivity index (χ4v) is 2.31. The van der Waals surface area contributed by atoms with Crippen molar-refractivity contribution >= 4 is 5.78 Å². The minimum atomic E-state index is -0.168. The van der Waals surface area contributed by atoms with E-state index in [1.54, 1.807) is 12.1 Å². The summed E-state index contributed by atoms with van der Waals surface area (Å²) >= 11 is 0. The van der Waals surface area contributed by atoms with E-state index in [0.29, 0.717) is 43.1 Å². The lowest BCUT2D eigenvalue weighted by Crippen LogP contribution is -2.05. The lowest BCUT2D eigenvalue weighted by Gasteiger charge is -2.11. The van der Waals surface area contributed by atoms with E-state index in [9.17, 15) is 9.18 Å². The molecule has 0 saturated heterocycles. The molecule has 0 amide bonds. The summed E-state index contributed by atoms with van der Waals surface area (Å²) in [5, 5.41) is 0. The van der Waals surface area contributed by atoms with Crippen LogP contribution in [0.2, 0.25) is 0 Å². The van der Waals surface area contributed by atoms with Crippen LogP contribution in [0.3, 0.4) is 0 Å². The molecule has 0 fully saturated rings. The molecule has 0 radical (unpaired) electrons. The van der Waals surface area contributed by atoms with Crippen molar-refractivity contribution in [3.8, 4) is 5.75 Å². The van der Waals surface area contributed by atoms with Gasteiger partial charge in [-0.05, 0) is 55.4 Å². The van der Waals surface area contributed by atoms with Gasteiger partial charge in [0.25, 0.3) is 0 Å². The van der Waals surface area contributed by atoms with E-state index in [0.717, 1.165) is 31.4 Å². The Kier molecular flexibility index (Phi) is 8.79. The molecule has 0 heterocycles. The molecule has 0 aromatic heterocycles. The second-order valence-corrected chi connectivity index (χ2v) is 6.31. The quantitative estimate of drug-likeness (QED) is 0.516. The molecular formula is C19H29FO2. The largest absolute Gasteiger partial charge is 0.493 e. The van der Waals surface area contributed by atoms with E-state index in [2.05, 4.69) is 13.8 Å². The Bertz CT molecular complexity index is 455. The standard InChI is InChI=1S/C19H29FO2/c1-4-8-17(21)10-7-5-6-9-16-13-18(11-12-19(16)20)22-14-15(2)3/h11-13,15H,4-10,14H2,1-3H3. The van der Waals surface area contributed by atoms with Crippen LogP contribution in [-0.4, -0.2) is 12.4 Å². The SMILES string of the molecule is CCCC(=O)CCCCCc1cc(OCC(C)C)ccc1F. The molecule has 0 atom stereocenters. The third-order valence-electron chi connectivity index (χ3n) is 3.53. The minimum absolute atomic E-state index is 0.168. The number of carbonyl (C=O) groups excluding carboxylic acids is 1. The van der Waals surface area contributed by atoms with Crippen molar-refractivity contribution in [2.75, 3.05) is 6.61 Å². The number of ether oxygens (including phenoxy) is 1. The Morgan fingerprint density at radius 1 is 1.18 bits per heavy atom. The minimum Gasteiger partial charge on any atom is -0.493 e. The molecule has 22 heavy (non-hydrogen) atoms. The van der Waals surface area contributed by atoms with Crippen molar-refractivity contribution in [2.45, 2.75) is 65.7 Å². The van der Waals surface area contributed by atoms with E-state index in [1.807, 2.05) is 6.92 Å². The zero-order valence-electron chi connectivity index (χ0n) is 14.2. The molecule has 0 aliphatic carbocycles. The molecule has 1 aromatic carbocycles. The second-order valence-electron chi connectivity index (χ2n) is 6.31. The molecule has 0 aliphatic heterocycles. The average Bonchev–Trinajstić information content (AvgIpc) is 2.47. The third-order valence-corrected chi connectivity index (χ3v) is 3.53. The predicted octanol–water partition coefficient (Wildman–Crippen LogP) is 5.33. The molecule has 0 unspecified atom stereocenters. The molecule has 0 N–H and O–H groups in total. The van der Waals surface area contributed by atoms with Gasteiger partial charge >= 0.3 is 0 Å². The van der Waals surface area contributed by atoms with Gasteiger partial charge in [0.1, 0.15) is 17.3 Å². The van der Waals surface area contributed by atoms with E-state index in [-0.39, 0.29) is 5.82 Å². The third kappa shape index (κ3) is 7.58. The monoisotopic (exact) mass is 308 g/mol. The van der Waals surface area contributed by atoms with Gasteiger partial charge in [-0.3, -0.25) is 4.79 Å². The van der Waals surface area contributed by atoms with E-state index < -0.39 is 0 Å². The van der Waals surface area contributed by atoms with Gasteiger partial charge in [0.2, 0.25) is 0 Å². The van der Waals surface area contributed by atoms with Crippen LogP contribution in [0.25, 0.3) is 0 Å². The molecule has 3 heteroatoms. The predicted molar refractivity (Wildman–Crippen MR) is 88.8 cm³/mol. The number of hydrogen-bond donors (Lipinski definition) is 0. The summed E-state index contributed by atoms with van der Waals surface area (Å²) in [5.74, 6) is 1.37. The number of unbranched alkanes of at least 4 members (excludes halogenated alkanes) is 2. The van der Waals surface area contributed by atoms with Gasteiger partial charge in [-0.15, -0.1) is 0 Å². The first-order valence-electron chi connectivity index (χ1n) is 8.45. The normalized spacial score (nSPS) is 11.0. The average molecular weight is 308 g/mol. The Labute approximate surface area is 134 Å². The highest BCUT2D eigenvalue weighted by Crippen LogP contribution is 2.20. The van der Waals surface area contributed by atoms with Crippen molar-refractivity contribution in [3.63, 3.8) is 0 Å². The highest BCUT2D eigenvalue weighted by Gasteiger charge is 2.06. The number of halogens is 1. The summed E-state index contributed by atoms with van der Waals surface area (Å²) in [7, 11) is 0. The number of ketones is 1. The Morgan fingerprint density at radius 2 is 1.95 bits per heavy atom. The van der Waals surface area contributed by atoms with Crippen LogP contribution in [-0.2, 0) is 11.2 Å². The van der Waals surface area contributed by atoms with Crippen LogP contribution in [0.15, 0.2) is 18.2 Å². The fourth-order valence-electron chi connectivity index (χ4n) is 2.31. The van der Waals surface area contributed by atoms with Gasteiger partial charge in [0, 0.05) is 12.8 Å². The second kappa shape index (κ2) is 10.4. The number of hydrogen-bond acceptors (Lipinski definition) is 2. The zero-order valence-corrected chi connectivity index (χ0v) is 14.2. The lowest BCUT2D eigenvalue weighted by molar-refractivity contribution is -0.119. The Balaban J connectivity index is 2.35. The molecule has 0 aliphatic rings. The molecule has 124 valence electrons. The van der Waals surface area contributed by atoms with Gasteiger partial charge < -0.3 is 4.74 Å². The number of carbonyl (C=O) groups is 1. The van der Waals surface area contributed by atoms with Crippen molar-refractivity contribution < 1.29 is 13.9 Å². The van der Waals surface area contributed by atoms with Gasteiger partial charge in [0.05, 0.1) is 6.61 Å². The molecule has 0 spiro atoms. The van der Waals surface area contributed by atoms with E-state index in [1.165, 1.54) is 6.07 Å². The van der Waals surface area contributed by atoms with Crippen LogP contribution in [0.4, 0.5) is 4.39 Å². The number of Topliss-reactive ketones (excluding diaryl/α,β-unsaturated/α-hetero) is 1. The van der Waals surface area contributed by atoms with Crippen LogP contribution < -0.4 is 4.74 Å². The van der Waals surface area contributed by atoms with Crippen molar-refractivity contribution in [3.05, 3.63) is 29.6 Å². The first-order valence-corrected chi connectivity index (χ1v) is 8.45. The maximum Gasteiger partial charge on any atom is 0.132 e. The molecule has 2 nitrogen and oxygen atoms in total. The van der Waals surface area contributed by atoms with Crippen LogP contribution in [0, 0.1) is 11.7 Å². The summed E-state index contributed by atoms with van der Waals surface area (Å²) in [4.78, 5) is 11.4.